The van der Waals surface area contributed by atoms with Gasteiger partial charge in [0.25, 0.3) is 0 Å². The first-order valence-electron chi connectivity index (χ1n) is 6.01. The predicted octanol–water partition coefficient (Wildman–Crippen LogP) is 2.76. The molecule has 0 spiro atoms. The van der Waals surface area contributed by atoms with Crippen molar-refractivity contribution in [3.05, 3.63) is 60.2 Å². The molecule has 0 saturated carbocycles. The lowest BCUT2D eigenvalue weighted by molar-refractivity contribution is -0.0332. The maximum absolute atomic E-state index is 11.2. The molecule has 3 nitrogen and oxygen atoms in total. The first-order valence-corrected chi connectivity index (χ1v) is 6.01. The van der Waals surface area contributed by atoms with Crippen molar-refractivity contribution in [1.82, 2.24) is 9.97 Å². The number of aromatic nitrogens is 2. The van der Waals surface area contributed by atoms with Crippen molar-refractivity contribution in [2.45, 2.75) is 26.4 Å². The van der Waals surface area contributed by atoms with Gasteiger partial charge < -0.3 is 5.11 Å². The van der Waals surface area contributed by atoms with Gasteiger partial charge in [0, 0.05) is 17.8 Å². The molecular weight excluding hydrogens is 224 g/mol. The number of pyridine rings is 2. The van der Waals surface area contributed by atoms with Gasteiger partial charge in [0.15, 0.2) is 5.60 Å². The first kappa shape index (κ1) is 12.7. The molecule has 0 aromatic carbocycles. The van der Waals surface area contributed by atoms with E-state index in [-0.39, 0.29) is 0 Å². The van der Waals surface area contributed by atoms with E-state index < -0.39 is 11.0 Å². The second-order valence-corrected chi connectivity index (χ2v) is 5.39. The summed E-state index contributed by atoms with van der Waals surface area (Å²) in [5.74, 6) is 0. The van der Waals surface area contributed by atoms with E-state index in [1.54, 1.807) is 12.4 Å². The van der Waals surface area contributed by atoms with E-state index >= 15 is 0 Å². The van der Waals surface area contributed by atoms with Crippen molar-refractivity contribution >= 4 is 0 Å². The van der Waals surface area contributed by atoms with Crippen LogP contribution in [0.3, 0.4) is 0 Å². The molecule has 3 heteroatoms. The van der Waals surface area contributed by atoms with Gasteiger partial charge in [-0.15, -0.1) is 0 Å². The highest BCUT2D eigenvalue weighted by molar-refractivity contribution is 5.29. The van der Waals surface area contributed by atoms with E-state index in [0.717, 1.165) is 0 Å². The highest BCUT2D eigenvalue weighted by Crippen LogP contribution is 2.42. The van der Waals surface area contributed by atoms with E-state index in [1.165, 1.54) is 0 Å². The third kappa shape index (κ3) is 2.02. The summed E-state index contributed by atoms with van der Waals surface area (Å²) in [6, 6.07) is 11.1. The third-order valence-corrected chi connectivity index (χ3v) is 3.16. The number of aliphatic hydroxyl groups is 1. The molecule has 0 amide bonds. The maximum Gasteiger partial charge on any atom is 0.153 e. The summed E-state index contributed by atoms with van der Waals surface area (Å²) >= 11 is 0. The Kier molecular flexibility index (Phi) is 3.18. The van der Waals surface area contributed by atoms with Gasteiger partial charge in [0.2, 0.25) is 0 Å². The molecule has 94 valence electrons. The highest BCUT2D eigenvalue weighted by atomic mass is 16.3. The Bertz CT molecular complexity index is 464. The molecule has 1 N–H and O–H groups in total. The van der Waals surface area contributed by atoms with Crippen molar-refractivity contribution < 1.29 is 5.11 Å². The Hall–Kier alpha value is -1.74. The number of rotatable bonds is 2. The van der Waals surface area contributed by atoms with Gasteiger partial charge in [0.05, 0.1) is 11.4 Å². The molecule has 18 heavy (non-hydrogen) atoms. The van der Waals surface area contributed by atoms with Crippen LogP contribution in [0.4, 0.5) is 0 Å². The molecule has 0 fully saturated rings. The maximum atomic E-state index is 11.2. The summed E-state index contributed by atoms with van der Waals surface area (Å²) in [6.45, 7) is 5.95. The molecule has 0 radical (unpaired) electrons. The smallest absolute Gasteiger partial charge is 0.153 e. The monoisotopic (exact) mass is 242 g/mol. The Morgan fingerprint density at radius 3 is 1.56 bits per heavy atom. The first-order chi connectivity index (χ1) is 8.46. The Labute approximate surface area is 108 Å². The Balaban J connectivity index is 2.63. The zero-order valence-corrected chi connectivity index (χ0v) is 11.0. The molecule has 0 atom stereocenters. The summed E-state index contributed by atoms with van der Waals surface area (Å²) < 4.78 is 0. The highest BCUT2D eigenvalue weighted by Gasteiger charge is 2.45. The van der Waals surface area contributed by atoms with Gasteiger partial charge in [-0.2, -0.15) is 0 Å². The molecule has 0 aliphatic heterocycles. The summed E-state index contributed by atoms with van der Waals surface area (Å²) in [7, 11) is 0. The SMILES string of the molecule is CC(C)(C)C(O)(c1ccccn1)c1ccccn1. The van der Waals surface area contributed by atoms with Crippen LogP contribution >= 0.6 is 0 Å². The van der Waals surface area contributed by atoms with Crippen molar-refractivity contribution in [2.75, 3.05) is 0 Å². The number of nitrogens with zero attached hydrogens (tertiary/aromatic N) is 2. The Morgan fingerprint density at radius 1 is 0.833 bits per heavy atom. The van der Waals surface area contributed by atoms with Crippen LogP contribution in [0.5, 0.6) is 0 Å². The molecule has 0 saturated heterocycles. The molecule has 2 heterocycles. The lowest BCUT2D eigenvalue weighted by atomic mass is 9.72. The van der Waals surface area contributed by atoms with Crippen molar-refractivity contribution in [2.24, 2.45) is 5.41 Å². The van der Waals surface area contributed by atoms with Crippen LogP contribution in [0.15, 0.2) is 48.8 Å². The van der Waals surface area contributed by atoms with Crippen LogP contribution in [0, 0.1) is 5.41 Å². The standard InChI is InChI=1S/C15H18N2O/c1-14(2,3)15(18,12-8-4-6-10-16-12)13-9-5-7-11-17-13/h4-11,18H,1-3H3. The zero-order valence-electron chi connectivity index (χ0n) is 11.0. The van der Waals surface area contributed by atoms with Crippen molar-refractivity contribution in [3.8, 4) is 0 Å². The van der Waals surface area contributed by atoms with Gasteiger partial charge >= 0.3 is 0 Å². The molecule has 0 bridgehead atoms. The molecule has 2 aromatic heterocycles. The van der Waals surface area contributed by atoms with Gasteiger partial charge in [-0.3, -0.25) is 9.97 Å². The second kappa shape index (κ2) is 4.50. The summed E-state index contributed by atoms with van der Waals surface area (Å²) in [5, 5.41) is 11.2. The van der Waals surface area contributed by atoms with E-state index in [2.05, 4.69) is 9.97 Å². The second-order valence-electron chi connectivity index (χ2n) is 5.39. The van der Waals surface area contributed by atoms with Crippen LogP contribution in [-0.4, -0.2) is 15.1 Å². The molecular formula is C15H18N2O. The van der Waals surface area contributed by atoms with Crippen LogP contribution in [-0.2, 0) is 5.60 Å². The normalized spacial score (nSPS) is 12.4. The van der Waals surface area contributed by atoms with E-state index in [4.69, 9.17) is 0 Å². The number of hydrogen-bond donors (Lipinski definition) is 1. The summed E-state index contributed by atoms with van der Waals surface area (Å²) in [5.41, 5.74) is -0.363. The largest absolute Gasteiger partial charge is 0.377 e. The fraction of sp³-hybridized carbons (Fsp3) is 0.333. The third-order valence-electron chi connectivity index (χ3n) is 3.16. The summed E-state index contributed by atoms with van der Waals surface area (Å²) in [6.07, 6.45) is 3.38. The fourth-order valence-electron chi connectivity index (χ4n) is 2.05. The quantitative estimate of drug-likeness (QED) is 0.880. The van der Waals surface area contributed by atoms with Gasteiger partial charge in [0.1, 0.15) is 0 Å². The molecule has 0 aliphatic rings. The average molecular weight is 242 g/mol. The van der Waals surface area contributed by atoms with Crippen molar-refractivity contribution in [1.29, 1.82) is 0 Å². The van der Waals surface area contributed by atoms with Gasteiger partial charge in [-0.05, 0) is 24.3 Å². The van der Waals surface area contributed by atoms with E-state index in [0.29, 0.717) is 11.4 Å². The minimum atomic E-state index is -1.20. The minimum Gasteiger partial charge on any atom is -0.377 e. The van der Waals surface area contributed by atoms with E-state index in [1.807, 2.05) is 57.2 Å². The molecule has 0 unspecified atom stereocenters. The Morgan fingerprint density at radius 2 is 1.28 bits per heavy atom. The van der Waals surface area contributed by atoms with E-state index in [9.17, 15) is 5.11 Å². The van der Waals surface area contributed by atoms with Gasteiger partial charge in [-0.25, -0.2) is 0 Å². The minimum absolute atomic E-state index is 0.407. The van der Waals surface area contributed by atoms with Crippen LogP contribution in [0.1, 0.15) is 32.2 Å². The predicted molar refractivity (Wildman–Crippen MR) is 70.9 cm³/mol. The summed E-state index contributed by atoms with van der Waals surface area (Å²) in [4.78, 5) is 8.61. The molecule has 2 aromatic rings. The van der Waals surface area contributed by atoms with Crippen LogP contribution < -0.4 is 0 Å². The zero-order chi connectivity index (χ0) is 13.2. The lowest BCUT2D eigenvalue weighted by Crippen LogP contribution is -2.42. The van der Waals surface area contributed by atoms with Crippen LogP contribution in [0.25, 0.3) is 0 Å². The molecule has 2 rings (SSSR count). The fourth-order valence-corrected chi connectivity index (χ4v) is 2.05. The van der Waals surface area contributed by atoms with Gasteiger partial charge in [-0.1, -0.05) is 32.9 Å². The average Bonchev–Trinajstić information content (AvgIpc) is 2.38. The van der Waals surface area contributed by atoms with Crippen molar-refractivity contribution in [3.63, 3.8) is 0 Å². The van der Waals surface area contributed by atoms with Crippen LogP contribution in [0.2, 0.25) is 0 Å². The topological polar surface area (TPSA) is 46.0 Å². The molecule has 0 aliphatic carbocycles. The lowest BCUT2D eigenvalue weighted by Gasteiger charge is -2.39. The number of hydrogen-bond acceptors (Lipinski definition) is 3.